The first-order valence-corrected chi connectivity index (χ1v) is 7.46. The lowest BCUT2D eigenvalue weighted by atomic mass is 10.0. The average molecular weight is 284 g/mol. The van der Waals surface area contributed by atoms with Gasteiger partial charge in [0.1, 0.15) is 0 Å². The van der Waals surface area contributed by atoms with E-state index in [4.69, 9.17) is 4.74 Å². The molecule has 2 heterocycles. The van der Waals surface area contributed by atoms with Crippen LogP contribution in [0, 0.1) is 5.92 Å². The molecule has 6 heteroatoms. The molecule has 0 aromatic carbocycles. The van der Waals surface area contributed by atoms with Crippen molar-refractivity contribution in [2.45, 2.75) is 32.2 Å². The molecule has 0 bridgehead atoms. The second kappa shape index (κ2) is 7.04. The second-order valence-electron chi connectivity index (χ2n) is 5.55. The van der Waals surface area contributed by atoms with Gasteiger partial charge in [-0.05, 0) is 25.8 Å². The van der Waals surface area contributed by atoms with Crippen molar-refractivity contribution < 1.29 is 19.4 Å². The largest absolute Gasteiger partial charge is 0.481 e. The van der Waals surface area contributed by atoms with E-state index in [9.17, 15) is 14.7 Å². The number of carbonyl (C=O) groups is 2. The summed E-state index contributed by atoms with van der Waals surface area (Å²) in [6.45, 7) is 5.23. The number of rotatable bonds is 5. The highest BCUT2D eigenvalue weighted by molar-refractivity contribution is 5.78. The van der Waals surface area contributed by atoms with Crippen molar-refractivity contribution in [3.05, 3.63) is 0 Å². The summed E-state index contributed by atoms with van der Waals surface area (Å²) in [5.41, 5.74) is 0. The van der Waals surface area contributed by atoms with E-state index in [-0.39, 0.29) is 18.6 Å². The van der Waals surface area contributed by atoms with E-state index in [0.717, 1.165) is 25.9 Å². The molecular formula is C14H24N2O4. The number of hydrogen-bond acceptors (Lipinski definition) is 4. The van der Waals surface area contributed by atoms with Gasteiger partial charge in [0, 0.05) is 19.1 Å². The Hall–Kier alpha value is -1.14. The van der Waals surface area contributed by atoms with Crippen LogP contribution < -0.4 is 0 Å². The smallest absolute Gasteiger partial charge is 0.310 e. The Kier molecular flexibility index (Phi) is 5.37. The van der Waals surface area contributed by atoms with Gasteiger partial charge in [0.05, 0.1) is 25.7 Å². The fraction of sp³-hybridized carbons (Fsp3) is 0.857. The molecule has 114 valence electrons. The lowest BCUT2D eigenvalue weighted by molar-refractivity contribution is -0.144. The minimum Gasteiger partial charge on any atom is -0.481 e. The van der Waals surface area contributed by atoms with Crippen LogP contribution in [0.15, 0.2) is 0 Å². The molecule has 1 N–H and O–H groups in total. The van der Waals surface area contributed by atoms with Gasteiger partial charge in [-0.2, -0.15) is 0 Å². The maximum absolute atomic E-state index is 12.3. The molecule has 6 nitrogen and oxygen atoms in total. The SMILES string of the molecule is CCN(CC(=O)N1CCCCC1)C1COCC1C(=O)O. The molecule has 2 unspecified atom stereocenters. The van der Waals surface area contributed by atoms with Crippen LogP contribution in [-0.2, 0) is 14.3 Å². The predicted molar refractivity (Wildman–Crippen MR) is 73.4 cm³/mol. The number of carbonyl (C=O) groups excluding carboxylic acids is 1. The van der Waals surface area contributed by atoms with E-state index < -0.39 is 11.9 Å². The quantitative estimate of drug-likeness (QED) is 0.792. The third-order valence-electron chi connectivity index (χ3n) is 4.29. The minimum atomic E-state index is -0.837. The maximum atomic E-state index is 12.3. The molecule has 2 fully saturated rings. The summed E-state index contributed by atoms with van der Waals surface area (Å²) < 4.78 is 5.29. The zero-order valence-corrected chi connectivity index (χ0v) is 12.1. The lowest BCUT2D eigenvalue weighted by Crippen LogP contribution is -2.49. The van der Waals surface area contributed by atoms with Crippen molar-refractivity contribution in [2.24, 2.45) is 5.92 Å². The zero-order valence-electron chi connectivity index (χ0n) is 12.1. The summed E-state index contributed by atoms with van der Waals surface area (Å²) in [5, 5.41) is 9.21. The summed E-state index contributed by atoms with van der Waals surface area (Å²) in [6.07, 6.45) is 3.34. The minimum absolute atomic E-state index is 0.114. The summed E-state index contributed by atoms with van der Waals surface area (Å²) >= 11 is 0. The molecule has 20 heavy (non-hydrogen) atoms. The average Bonchev–Trinajstić information content (AvgIpc) is 2.95. The molecular weight excluding hydrogens is 260 g/mol. The number of piperidine rings is 1. The Morgan fingerprint density at radius 1 is 1.25 bits per heavy atom. The molecule has 0 spiro atoms. The van der Waals surface area contributed by atoms with Gasteiger partial charge in [-0.15, -0.1) is 0 Å². The predicted octanol–water partition coefficient (Wildman–Crippen LogP) is 0.420. The molecule has 0 radical (unpaired) electrons. The standard InChI is InChI=1S/C14H24N2O4/c1-2-15(12-10-20-9-11(12)14(18)19)8-13(17)16-6-4-3-5-7-16/h11-12H,2-10H2,1H3,(H,18,19). The van der Waals surface area contributed by atoms with Gasteiger partial charge in [-0.25, -0.2) is 0 Å². The van der Waals surface area contributed by atoms with Gasteiger partial charge in [-0.1, -0.05) is 6.92 Å². The number of likely N-dealkylation sites (tertiary alicyclic amines) is 1. The van der Waals surface area contributed by atoms with Crippen LogP contribution >= 0.6 is 0 Å². The number of likely N-dealkylation sites (N-methyl/N-ethyl adjacent to an activating group) is 1. The number of amides is 1. The van der Waals surface area contributed by atoms with Gasteiger partial charge in [-0.3, -0.25) is 14.5 Å². The van der Waals surface area contributed by atoms with E-state index in [1.807, 2.05) is 16.7 Å². The van der Waals surface area contributed by atoms with Crippen molar-refractivity contribution in [2.75, 3.05) is 39.4 Å². The first-order valence-electron chi connectivity index (χ1n) is 7.46. The number of nitrogens with zero attached hydrogens (tertiary/aromatic N) is 2. The number of carboxylic acids is 1. The Bertz CT molecular complexity index is 355. The van der Waals surface area contributed by atoms with Gasteiger partial charge in [0.25, 0.3) is 0 Å². The van der Waals surface area contributed by atoms with Crippen LogP contribution in [0.4, 0.5) is 0 Å². The zero-order chi connectivity index (χ0) is 14.5. The van der Waals surface area contributed by atoms with E-state index in [2.05, 4.69) is 0 Å². The third-order valence-corrected chi connectivity index (χ3v) is 4.29. The molecule has 2 rings (SSSR count). The van der Waals surface area contributed by atoms with Crippen LogP contribution in [0.25, 0.3) is 0 Å². The molecule has 0 saturated carbocycles. The van der Waals surface area contributed by atoms with E-state index in [1.165, 1.54) is 6.42 Å². The maximum Gasteiger partial charge on any atom is 0.310 e. The van der Waals surface area contributed by atoms with Crippen LogP contribution in [0.1, 0.15) is 26.2 Å². The fourth-order valence-electron chi connectivity index (χ4n) is 3.02. The van der Waals surface area contributed by atoms with Crippen LogP contribution in [-0.4, -0.2) is 72.2 Å². The number of carboxylic acid groups (broad SMARTS) is 1. The van der Waals surface area contributed by atoms with Gasteiger partial charge in [0.15, 0.2) is 0 Å². The summed E-state index contributed by atoms with van der Waals surface area (Å²) in [7, 11) is 0. The monoisotopic (exact) mass is 284 g/mol. The lowest BCUT2D eigenvalue weighted by Gasteiger charge is -2.32. The van der Waals surface area contributed by atoms with Crippen molar-refractivity contribution in [3.8, 4) is 0 Å². The van der Waals surface area contributed by atoms with Crippen LogP contribution in [0.3, 0.4) is 0 Å². The Labute approximate surface area is 119 Å². The normalized spacial score (nSPS) is 27.0. The Morgan fingerprint density at radius 3 is 2.55 bits per heavy atom. The molecule has 0 aliphatic carbocycles. The van der Waals surface area contributed by atoms with Gasteiger partial charge >= 0.3 is 5.97 Å². The van der Waals surface area contributed by atoms with Crippen LogP contribution in [0.5, 0.6) is 0 Å². The highest BCUT2D eigenvalue weighted by Gasteiger charge is 2.38. The molecule has 2 aliphatic heterocycles. The molecule has 2 aliphatic rings. The molecule has 0 aromatic rings. The first kappa shape index (κ1) is 15.3. The van der Waals surface area contributed by atoms with E-state index in [1.54, 1.807) is 0 Å². The third kappa shape index (κ3) is 3.49. The number of hydrogen-bond donors (Lipinski definition) is 1. The molecule has 2 saturated heterocycles. The topological polar surface area (TPSA) is 70.1 Å². The fourth-order valence-corrected chi connectivity index (χ4v) is 3.02. The van der Waals surface area contributed by atoms with Crippen molar-refractivity contribution in [3.63, 3.8) is 0 Å². The summed E-state index contributed by atoms with van der Waals surface area (Å²) in [4.78, 5) is 27.4. The first-order chi connectivity index (χ1) is 9.63. The highest BCUT2D eigenvalue weighted by atomic mass is 16.5. The van der Waals surface area contributed by atoms with Crippen molar-refractivity contribution in [1.82, 2.24) is 9.80 Å². The molecule has 1 amide bonds. The summed E-state index contributed by atoms with van der Waals surface area (Å²) in [5.74, 6) is -1.25. The van der Waals surface area contributed by atoms with E-state index >= 15 is 0 Å². The van der Waals surface area contributed by atoms with Gasteiger partial charge in [0.2, 0.25) is 5.91 Å². The van der Waals surface area contributed by atoms with E-state index in [0.29, 0.717) is 19.7 Å². The molecule has 0 aromatic heterocycles. The van der Waals surface area contributed by atoms with Crippen molar-refractivity contribution in [1.29, 1.82) is 0 Å². The second-order valence-corrected chi connectivity index (χ2v) is 5.55. The van der Waals surface area contributed by atoms with Gasteiger partial charge < -0.3 is 14.7 Å². The summed E-state index contributed by atoms with van der Waals surface area (Å²) in [6, 6.07) is -0.189. The highest BCUT2D eigenvalue weighted by Crippen LogP contribution is 2.20. The van der Waals surface area contributed by atoms with Crippen molar-refractivity contribution >= 4 is 11.9 Å². The molecule has 2 atom stereocenters. The Morgan fingerprint density at radius 2 is 1.95 bits per heavy atom. The number of ether oxygens (including phenoxy) is 1. The number of aliphatic carboxylic acids is 1. The van der Waals surface area contributed by atoms with Crippen LogP contribution in [0.2, 0.25) is 0 Å². The Balaban J connectivity index is 1.94.